The Balaban J connectivity index is 1.78. The molecule has 0 amide bonds. The van der Waals surface area contributed by atoms with E-state index in [2.05, 4.69) is 0 Å². The second kappa shape index (κ2) is 8.82. The molecule has 3 aromatic rings. The van der Waals surface area contributed by atoms with E-state index in [1.165, 1.54) is 6.08 Å². The molecule has 0 spiro atoms. The number of ketones is 1. The van der Waals surface area contributed by atoms with Gasteiger partial charge >= 0.3 is 5.97 Å². The van der Waals surface area contributed by atoms with Gasteiger partial charge in [0.25, 0.3) is 0 Å². The third-order valence-electron chi connectivity index (χ3n) is 4.28. The predicted molar refractivity (Wildman–Crippen MR) is 109 cm³/mol. The number of para-hydroxylation sites is 1. The monoisotopic (exact) mass is 372 g/mol. The summed E-state index contributed by atoms with van der Waals surface area (Å²) in [6.45, 7) is 1.86. The summed E-state index contributed by atoms with van der Waals surface area (Å²) >= 11 is 0. The zero-order valence-corrected chi connectivity index (χ0v) is 15.7. The molecule has 0 saturated carbocycles. The van der Waals surface area contributed by atoms with E-state index in [1.54, 1.807) is 67.8 Å². The highest BCUT2D eigenvalue weighted by molar-refractivity contribution is 6.07. The van der Waals surface area contributed by atoms with Crippen LogP contribution in [0, 0.1) is 6.92 Å². The van der Waals surface area contributed by atoms with Crippen molar-refractivity contribution in [3.8, 4) is 11.5 Å². The molecule has 0 heterocycles. The molecule has 0 fully saturated rings. The van der Waals surface area contributed by atoms with Crippen LogP contribution < -0.4 is 9.47 Å². The quantitative estimate of drug-likeness (QED) is 0.261. The number of allylic oxidation sites excluding steroid dienone is 1. The van der Waals surface area contributed by atoms with Crippen molar-refractivity contribution in [2.45, 2.75) is 6.92 Å². The average Bonchev–Trinajstić information content (AvgIpc) is 2.73. The third kappa shape index (κ3) is 4.54. The molecule has 0 aliphatic carbocycles. The van der Waals surface area contributed by atoms with Gasteiger partial charge in [-0.15, -0.1) is 0 Å². The molecule has 0 radical (unpaired) electrons. The lowest BCUT2D eigenvalue weighted by Gasteiger charge is -2.09. The Kier molecular flexibility index (Phi) is 6.02. The van der Waals surface area contributed by atoms with Crippen LogP contribution in [0.1, 0.15) is 31.8 Å². The third-order valence-corrected chi connectivity index (χ3v) is 4.28. The summed E-state index contributed by atoms with van der Waals surface area (Å²) in [5.74, 6) is 0.506. The van der Waals surface area contributed by atoms with Gasteiger partial charge in [0.05, 0.1) is 12.7 Å². The molecule has 0 aromatic heterocycles. The Hall–Kier alpha value is -3.66. The van der Waals surface area contributed by atoms with Crippen molar-refractivity contribution >= 4 is 17.8 Å². The minimum Gasteiger partial charge on any atom is -0.497 e. The van der Waals surface area contributed by atoms with Crippen LogP contribution in [0.3, 0.4) is 0 Å². The van der Waals surface area contributed by atoms with Gasteiger partial charge in [-0.25, -0.2) is 4.79 Å². The van der Waals surface area contributed by atoms with E-state index in [0.717, 1.165) is 5.56 Å². The van der Waals surface area contributed by atoms with Crippen molar-refractivity contribution in [1.82, 2.24) is 0 Å². The summed E-state index contributed by atoms with van der Waals surface area (Å²) in [6, 6.07) is 21.2. The summed E-state index contributed by atoms with van der Waals surface area (Å²) in [5.41, 5.74) is 2.54. The van der Waals surface area contributed by atoms with Gasteiger partial charge in [-0.2, -0.15) is 0 Å². The first-order chi connectivity index (χ1) is 13.6. The molecule has 4 heteroatoms. The number of hydrogen-bond donors (Lipinski definition) is 0. The van der Waals surface area contributed by atoms with Gasteiger partial charge in [0.15, 0.2) is 5.78 Å². The zero-order chi connectivity index (χ0) is 19.9. The van der Waals surface area contributed by atoms with Crippen LogP contribution >= 0.6 is 0 Å². The molecule has 0 saturated heterocycles. The Morgan fingerprint density at radius 2 is 1.54 bits per heavy atom. The predicted octanol–water partition coefficient (Wildman–Crippen LogP) is 5.12. The normalized spacial score (nSPS) is 10.6. The van der Waals surface area contributed by atoms with E-state index in [1.807, 2.05) is 25.1 Å². The van der Waals surface area contributed by atoms with E-state index >= 15 is 0 Å². The molecule has 0 aliphatic rings. The number of aryl methyl sites for hydroxylation is 1. The zero-order valence-electron chi connectivity index (χ0n) is 15.7. The fourth-order valence-electron chi connectivity index (χ4n) is 2.68. The summed E-state index contributed by atoms with van der Waals surface area (Å²) in [6.07, 6.45) is 3.11. The standard InChI is InChI=1S/C24H20O4/c1-17-7-3-5-9-21(17)24(26)28-23-10-6-4-8-19(23)13-16-22(25)18-11-14-20(27-2)15-12-18/h3-16H,1-2H3/b16-13+. The molecular weight excluding hydrogens is 352 g/mol. The summed E-state index contributed by atoms with van der Waals surface area (Å²) in [7, 11) is 1.58. The molecule has 0 N–H and O–H groups in total. The molecule has 0 atom stereocenters. The van der Waals surface area contributed by atoms with Crippen molar-refractivity contribution in [2.24, 2.45) is 0 Å². The fraction of sp³-hybridized carbons (Fsp3) is 0.0833. The Morgan fingerprint density at radius 1 is 0.857 bits per heavy atom. The molecule has 0 unspecified atom stereocenters. The summed E-state index contributed by atoms with van der Waals surface area (Å²) in [5, 5.41) is 0. The van der Waals surface area contributed by atoms with Crippen molar-refractivity contribution in [3.63, 3.8) is 0 Å². The maximum Gasteiger partial charge on any atom is 0.343 e. The first kappa shape index (κ1) is 19.1. The molecular formula is C24H20O4. The van der Waals surface area contributed by atoms with Crippen LogP contribution in [0.2, 0.25) is 0 Å². The molecule has 3 aromatic carbocycles. The molecule has 4 nitrogen and oxygen atoms in total. The number of carbonyl (C=O) groups is 2. The summed E-state index contributed by atoms with van der Waals surface area (Å²) in [4.78, 5) is 24.9. The van der Waals surface area contributed by atoms with Crippen LogP contribution in [0.5, 0.6) is 11.5 Å². The van der Waals surface area contributed by atoms with E-state index < -0.39 is 5.97 Å². The van der Waals surface area contributed by atoms with E-state index in [-0.39, 0.29) is 5.78 Å². The Labute approximate surface area is 164 Å². The highest BCUT2D eigenvalue weighted by Gasteiger charge is 2.12. The summed E-state index contributed by atoms with van der Waals surface area (Å²) < 4.78 is 10.7. The van der Waals surface area contributed by atoms with Crippen LogP contribution in [0.4, 0.5) is 0 Å². The number of esters is 1. The topological polar surface area (TPSA) is 52.6 Å². The number of benzene rings is 3. The van der Waals surface area contributed by atoms with Gasteiger partial charge in [-0.3, -0.25) is 4.79 Å². The van der Waals surface area contributed by atoms with Crippen LogP contribution in [0.15, 0.2) is 78.9 Å². The van der Waals surface area contributed by atoms with Crippen LogP contribution in [-0.4, -0.2) is 18.9 Å². The van der Waals surface area contributed by atoms with Gasteiger partial charge in [0.1, 0.15) is 11.5 Å². The van der Waals surface area contributed by atoms with E-state index in [4.69, 9.17) is 9.47 Å². The van der Waals surface area contributed by atoms with E-state index in [9.17, 15) is 9.59 Å². The number of hydrogen-bond acceptors (Lipinski definition) is 4. The van der Waals surface area contributed by atoms with Crippen molar-refractivity contribution < 1.29 is 19.1 Å². The second-order valence-electron chi connectivity index (χ2n) is 6.17. The maximum atomic E-state index is 12.5. The fourth-order valence-corrected chi connectivity index (χ4v) is 2.68. The van der Waals surface area contributed by atoms with Gasteiger partial charge in [0, 0.05) is 11.1 Å². The van der Waals surface area contributed by atoms with Crippen molar-refractivity contribution in [2.75, 3.05) is 7.11 Å². The average molecular weight is 372 g/mol. The van der Waals surface area contributed by atoms with Gasteiger partial charge < -0.3 is 9.47 Å². The first-order valence-electron chi connectivity index (χ1n) is 8.82. The highest BCUT2D eigenvalue weighted by Crippen LogP contribution is 2.22. The number of carbonyl (C=O) groups excluding carboxylic acids is 2. The number of methoxy groups -OCH3 is 1. The van der Waals surface area contributed by atoms with Crippen LogP contribution in [-0.2, 0) is 0 Å². The SMILES string of the molecule is COc1ccc(C(=O)/C=C/c2ccccc2OC(=O)c2ccccc2C)cc1. The first-order valence-corrected chi connectivity index (χ1v) is 8.82. The van der Waals surface area contributed by atoms with Crippen LogP contribution in [0.25, 0.3) is 6.08 Å². The number of ether oxygens (including phenoxy) is 2. The van der Waals surface area contributed by atoms with Gasteiger partial charge in [0.2, 0.25) is 0 Å². The second-order valence-corrected chi connectivity index (χ2v) is 6.17. The minimum absolute atomic E-state index is 0.150. The van der Waals surface area contributed by atoms with E-state index in [0.29, 0.717) is 28.2 Å². The van der Waals surface area contributed by atoms with Crippen molar-refractivity contribution in [3.05, 3.63) is 101 Å². The largest absolute Gasteiger partial charge is 0.497 e. The number of rotatable bonds is 6. The molecule has 0 aliphatic heterocycles. The Bertz CT molecular complexity index is 1020. The smallest absolute Gasteiger partial charge is 0.343 e. The molecule has 28 heavy (non-hydrogen) atoms. The minimum atomic E-state index is -0.430. The highest BCUT2D eigenvalue weighted by atomic mass is 16.5. The van der Waals surface area contributed by atoms with Gasteiger partial charge in [-0.05, 0) is 61.0 Å². The molecule has 0 bridgehead atoms. The molecule has 140 valence electrons. The van der Waals surface area contributed by atoms with Gasteiger partial charge in [-0.1, -0.05) is 36.4 Å². The Morgan fingerprint density at radius 3 is 2.25 bits per heavy atom. The molecule has 3 rings (SSSR count). The lowest BCUT2D eigenvalue weighted by atomic mass is 10.1. The van der Waals surface area contributed by atoms with Crippen molar-refractivity contribution in [1.29, 1.82) is 0 Å². The lowest BCUT2D eigenvalue weighted by Crippen LogP contribution is -2.10. The maximum absolute atomic E-state index is 12.5. The lowest BCUT2D eigenvalue weighted by molar-refractivity contribution is 0.0733.